The summed E-state index contributed by atoms with van der Waals surface area (Å²) in [6.45, 7) is 4.02. The third-order valence-corrected chi connectivity index (χ3v) is 6.26. The summed E-state index contributed by atoms with van der Waals surface area (Å²) >= 11 is 0. The molecule has 9 heteroatoms. The summed E-state index contributed by atoms with van der Waals surface area (Å²) in [6.07, 6.45) is 2.26. The maximum Gasteiger partial charge on any atom is 0.241 e. The normalized spacial score (nSPS) is 21.1. The summed E-state index contributed by atoms with van der Waals surface area (Å²) in [4.78, 5) is 17.5. The second kappa shape index (κ2) is 6.96. The largest absolute Gasteiger partial charge is 0.348 e. The number of hydrogen-bond donors (Lipinski definition) is 0. The average molecular weight is 344 g/mol. The molecule has 2 atom stereocenters. The maximum absolute atomic E-state index is 12.7. The molecule has 1 aliphatic rings. The Labute approximate surface area is 136 Å². The Morgan fingerprint density at radius 1 is 1.48 bits per heavy atom. The fourth-order valence-corrected chi connectivity index (χ4v) is 4.54. The Hall–Kier alpha value is -1.48. The SMILES string of the molecule is Cc1nc(CC2CCCN(S(=O)(=O)C(C)C(=O)N(C)C)C2)no1. The van der Waals surface area contributed by atoms with Gasteiger partial charge in [-0.15, -0.1) is 0 Å². The third kappa shape index (κ3) is 4.08. The van der Waals surface area contributed by atoms with Gasteiger partial charge in [-0.1, -0.05) is 5.16 Å². The number of aromatic nitrogens is 2. The second-order valence-electron chi connectivity index (χ2n) is 6.22. The van der Waals surface area contributed by atoms with Crippen molar-refractivity contribution in [1.82, 2.24) is 19.3 Å². The number of carbonyl (C=O) groups is 1. The molecule has 2 heterocycles. The number of piperidine rings is 1. The van der Waals surface area contributed by atoms with E-state index in [9.17, 15) is 13.2 Å². The summed E-state index contributed by atoms with van der Waals surface area (Å²) in [5.74, 6) is 0.841. The highest BCUT2D eigenvalue weighted by Crippen LogP contribution is 2.24. The Balaban J connectivity index is 2.06. The Bertz CT molecular complexity index is 655. The predicted molar refractivity (Wildman–Crippen MR) is 84.1 cm³/mol. The molecule has 1 aliphatic heterocycles. The van der Waals surface area contributed by atoms with Crippen molar-refractivity contribution in [2.45, 2.75) is 38.4 Å². The van der Waals surface area contributed by atoms with Gasteiger partial charge in [0.15, 0.2) is 11.1 Å². The minimum atomic E-state index is -3.65. The van der Waals surface area contributed by atoms with Gasteiger partial charge in [0, 0.05) is 40.5 Å². The van der Waals surface area contributed by atoms with E-state index in [-0.39, 0.29) is 5.92 Å². The van der Waals surface area contributed by atoms with E-state index in [2.05, 4.69) is 10.1 Å². The summed E-state index contributed by atoms with van der Waals surface area (Å²) < 4.78 is 31.7. The van der Waals surface area contributed by atoms with E-state index in [0.29, 0.717) is 31.2 Å². The van der Waals surface area contributed by atoms with Gasteiger partial charge in [0.05, 0.1) is 0 Å². The summed E-state index contributed by atoms with van der Waals surface area (Å²) in [7, 11) is -0.526. The Morgan fingerprint density at radius 3 is 2.74 bits per heavy atom. The molecule has 2 unspecified atom stereocenters. The molecule has 1 saturated heterocycles. The molecular formula is C14H24N4O4S. The van der Waals surface area contributed by atoms with Crippen molar-refractivity contribution in [2.75, 3.05) is 27.2 Å². The van der Waals surface area contributed by atoms with Gasteiger partial charge < -0.3 is 9.42 Å². The summed E-state index contributed by atoms with van der Waals surface area (Å²) in [6, 6.07) is 0. The van der Waals surface area contributed by atoms with E-state index in [1.165, 1.54) is 16.1 Å². The molecule has 0 saturated carbocycles. The first-order valence-electron chi connectivity index (χ1n) is 7.71. The van der Waals surface area contributed by atoms with E-state index < -0.39 is 21.2 Å². The lowest BCUT2D eigenvalue weighted by atomic mass is 9.96. The van der Waals surface area contributed by atoms with Crippen LogP contribution >= 0.6 is 0 Å². The molecule has 2 rings (SSSR count). The summed E-state index contributed by atoms with van der Waals surface area (Å²) in [5, 5.41) is 2.80. The molecule has 8 nitrogen and oxygen atoms in total. The van der Waals surface area contributed by atoms with Crippen LogP contribution in [0, 0.1) is 12.8 Å². The van der Waals surface area contributed by atoms with Crippen LogP contribution in [0.5, 0.6) is 0 Å². The number of hydrogen-bond acceptors (Lipinski definition) is 6. The van der Waals surface area contributed by atoms with Crippen LogP contribution in [0.25, 0.3) is 0 Å². The molecule has 1 aromatic rings. The number of rotatable bonds is 5. The fourth-order valence-electron chi connectivity index (χ4n) is 2.82. The minimum absolute atomic E-state index is 0.136. The Morgan fingerprint density at radius 2 is 2.17 bits per heavy atom. The smallest absolute Gasteiger partial charge is 0.241 e. The first kappa shape index (κ1) is 17.9. The van der Waals surface area contributed by atoms with Gasteiger partial charge in [-0.3, -0.25) is 4.79 Å². The number of nitrogens with zero attached hydrogens (tertiary/aromatic N) is 4. The van der Waals surface area contributed by atoms with Gasteiger partial charge in [-0.25, -0.2) is 12.7 Å². The van der Waals surface area contributed by atoms with Gasteiger partial charge in [0.1, 0.15) is 0 Å². The molecule has 1 aromatic heterocycles. The van der Waals surface area contributed by atoms with Gasteiger partial charge >= 0.3 is 0 Å². The monoisotopic (exact) mass is 344 g/mol. The van der Waals surface area contributed by atoms with Crippen LogP contribution in [0.2, 0.25) is 0 Å². The van der Waals surface area contributed by atoms with Crippen LogP contribution in [0.1, 0.15) is 31.5 Å². The number of aryl methyl sites for hydroxylation is 1. The number of amides is 1. The molecule has 130 valence electrons. The van der Waals surface area contributed by atoms with Crippen LogP contribution in [-0.4, -0.2) is 66.1 Å². The van der Waals surface area contributed by atoms with Crippen LogP contribution < -0.4 is 0 Å². The van der Waals surface area contributed by atoms with Gasteiger partial charge in [-0.2, -0.15) is 4.98 Å². The lowest BCUT2D eigenvalue weighted by molar-refractivity contribution is -0.128. The highest BCUT2D eigenvalue weighted by Gasteiger charge is 2.37. The molecule has 23 heavy (non-hydrogen) atoms. The zero-order valence-corrected chi connectivity index (χ0v) is 14.8. The lowest BCUT2D eigenvalue weighted by Gasteiger charge is -2.33. The first-order chi connectivity index (χ1) is 10.7. The minimum Gasteiger partial charge on any atom is -0.348 e. The van der Waals surface area contributed by atoms with Crippen molar-refractivity contribution >= 4 is 15.9 Å². The van der Waals surface area contributed by atoms with Crippen LogP contribution in [-0.2, 0) is 21.2 Å². The molecule has 1 amide bonds. The quantitative estimate of drug-likeness (QED) is 0.769. The van der Waals surface area contributed by atoms with Gasteiger partial charge in [0.2, 0.25) is 21.8 Å². The predicted octanol–water partition coefficient (Wildman–Crippen LogP) is 0.439. The zero-order chi connectivity index (χ0) is 17.2. The first-order valence-corrected chi connectivity index (χ1v) is 9.21. The highest BCUT2D eigenvalue weighted by atomic mass is 32.2. The van der Waals surface area contributed by atoms with E-state index in [0.717, 1.165) is 12.8 Å². The Kier molecular flexibility index (Phi) is 5.41. The van der Waals surface area contributed by atoms with Gasteiger partial charge in [0.25, 0.3) is 0 Å². The van der Waals surface area contributed by atoms with Crippen molar-refractivity contribution in [3.8, 4) is 0 Å². The standard InChI is InChI=1S/C14H24N4O4S/c1-10(14(19)17(3)4)23(20,21)18-7-5-6-12(9-18)8-13-15-11(2)22-16-13/h10,12H,5-9H2,1-4H3. The van der Waals surface area contributed by atoms with Crippen molar-refractivity contribution < 1.29 is 17.7 Å². The molecule has 0 N–H and O–H groups in total. The van der Waals surface area contributed by atoms with Crippen molar-refractivity contribution in [2.24, 2.45) is 5.92 Å². The van der Waals surface area contributed by atoms with E-state index in [4.69, 9.17) is 4.52 Å². The molecular weight excluding hydrogens is 320 g/mol. The number of sulfonamides is 1. The topological polar surface area (TPSA) is 96.6 Å². The van der Waals surface area contributed by atoms with Crippen LogP contribution in [0.15, 0.2) is 4.52 Å². The molecule has 0 aromatic carbocycles. The average Bonchev–Trinajstić information content (AvgIpc) is 2.90. The molecule has 0 spiro atoms. The lowest BCUT2D eigenvalue weighted by Crippen LogP contribution is -2.48. The van der Waals surface area contributed by atoms with E-state index in [1.807, 2.05) is 0 Å². The second-order valence-corrected chi connectivity index (χ2v) is 8.47. The molecule has 0 bridgehead atoms. The molecule has 0 aliphatic carbocycles. The van der Waals surface area contributed by atoms with Crippen LogP contribution in [0.3, 0.4) is 0 Å². The molecule has 1 fully saturated rings. The number of carbonyl (C=O) groups excluding carboxylic acids is 1. The third-order valence-electron chi connectivity index (χ3n) is 4.12. The fraction of sp³-hybridized carbons (Fsp3) is 0.786. The highest BCUT2D eigenvalue weighted by molar-refractivity contribution is 7.90. The van der Waals surface area contributed by atoms with E-state index >= 15 is 0 Å². The maximum atomic E-state index is 12.7. The molecule has 0 radical (unpaired) electrons. The van der Waals surface area contributed by atoms with E-state index in [1.54, 1.807) is 21.0 Å². The van der Waals surface area contributed by atoms with Crippen LogP contribution in [0.4, 0.5) is 0 Å². The zero-order valence-electron chi connectivity index (χ0n) is 14.0. The van der Waals surface area contributed by atoms with Crippen molar-refractivity contribution in [3.05, 3.63) is 11.7 Å². The summed E-state index contributed by atoms with van der Waals surface area (Å²) in [5.41, 5.74) is 0. The van der Waals surface area contributed by atoms with Crippen molar-refractivity contribution in [1.29, 1.82) is 0 Å². The van der Waals surface area contributed by atoms with Gasteiger partial charge in [-0.05, 0) is 25.7 Å². The van der Waals surface area contributed by atoms with Crippen molar-refractivity contribution in [3.63, 3.8) is 0 Å².